The molecule has 1 amide bonds. The van der Waals surface area contributed by atoms with Crippen molar-refractivity contribution in [1.82, 2.24) is 14.9 Å². The van der Waals surface area contributed by atoms with E-state index in [-0.39, 0.29) is 12.5 Å². The van der Waals surface area contributed by atoms with E-state index in [0.29, 0.717) is 30.4 Å². The molecule has 1 aliphatic heterocycles. The van der Waals surface area contributed by atoms with Crippen molar-refractivity contribution in [1.29, 1.82) is 0 Å². The summed E-state index contributed by atoms with van der Waals surface area (Å²) in [6.07, 6.45) is 0.688. The zero-order valence-corrected chi connectivity index (χ0v) is 16.3. The van der Waals surface area contributed by atoms with E-state index in [1.165, 1.54) is 7.11 Å². The molecule has 0 spiro atoms. The van der Waals surface area contributed by atoms with Gasteiger partial charge < -0.3 is 9.64 Å². The number of ether oxygens (including phenoxy) is 1. The molecule has 28 heavy (non-hydrogen) atoms. The molecule has 0 bridgehead atoms. The van der Waals surface area contributed by atoms with Gasteiger partial charge in [-0.05, 0) is 24.3 Å². The molecule has 0 unspecified atom stereocenters. The summed E-state index contributed by atoms with van der Waals surface area (Å²) in [6.45, 7) is 1.20. The van der Waals surface area contributed by atoms with Crippen LogP contribution >= 0.6 is 11.6 Å². The van der Waals surface area contributed by atoms with E-state index in [1.54, 1.807) is 0 Å². The van der Waals surface area contributed by atoms with Gasteiger partial charge in [0.1, 0.15) is 6.61 Å². The van der Waals surface area contributed by atoms with Crippen molar-refractivity contribution in [3.05, 3.63) is 70.9 Å². The summed E-state index contributed by atoms with van der Waals surface area (Å²) in [7, 11) is 1.53. The maximum absolute atomic E-state index is 12.3. The molecule has 2 heterocycles. The van der Waals surface area contributed by atoms with Crippen LogP contribution in [0.4, 0.5) is 0 Å². The van der Waals surface area contributed by atoms with Gasteiger partial charge >= 0.3 is 0 Å². The highest BCUT2D eigenvalue weighted by atomic mass is 35.5. The fourth-order valence-corrected chi connectivity index (χ4v) is 3.53. The van der Waals surface area contributed by atoms with Gasteiger partial charge in [-0.25, -0.2) is 9.97 Å². The molecule has 2 aromatic carbocycles. The first-order valence-corrected chi connectivity index (χ1v) is 9.51. The average molecular weight is 394 g/mol. The molecule has 0 saturated carbocycles. The number of hydrogen-bond acceptors (Lipinski definition) is 4. The number of aromatic nitrogens is 2. The summed E-state index contributed by atoms with van der Waals surface area (Å²) in [5.74, 6) is 0.653. The van der Waals surface area contributed by atoms with Crippen LogP contribution in [0.2, 0.25) is 5.02 Å². The van der Waals surface area contributed by atoms with Crippen LogP contribution in [0.15, 0.2) is 54.6 Å². The number of nitrogens with zero attached hydrogens (tertiary/aromatic N) is 3. The molecule has 4 rings (SSSR count). The number of carbonyl (C=O) groups excluding carboxylic acids is 1. The summed E-state index contributed by atoms with van der Waals surface area (Å²) in [5, 5.41) is 0.678. The Labute approximate surface area is 169 Å². The lowest BCUT2D eigenvalue weighted by Gasteiger charge is -2.29. The molecule has 0 aliphatic carbocycles. The van der Waals surface area contributed by atoms with Gasteiger partial charge in [-0.2, -0.15) is 0 Å². The number of amides is 1. The Bertz CT molecular complexity index is 991. The van der Waals surface area contributed by atoms with Gasteiger partial charge in [-0.3, -0.25) is 4.79 Å². The van der Waals surface area contributed by atoms with E-state index >= 15 is 0 Å². The van der Waals surface area contributed by atoms with Crippen molar-refractivity contribution in [2.45, 2.75) is 13.0 Å². The second kappa shape index (κ2) is 8.09. The molecule has 0 N–H and O–H groups in total. The Morgan fingerprint density at radius 3 is 2.54 bits per heavy atom. The van der Waals surface area contributed by atoms with Gasteiger partial charge in [-0.1, -0.05) is 41.9 Å². The van der Waals surface area contributed by atoms with Gasteiger partial charge in [0, 0.05) is 48.3 Å². The number of hydrogen-bond donors (Lipinski definition) is 0. The summed E-state index contributed by atoms with van der Waals surface area (Å²) < 4.78 is 5.01. The predicted octanol–water partition coefficient (Wildman–Crippen LogP) is 4.00. The van der Waals surface area contributed by atoms with Crippen molar-refractivity contribution in [2.75, 3.05) is 20.3 Å². The molecular formula is C22H20ClN3O2. The largest absolute Gasteiger partial charge is 0.375 e. The first-order chi connectivity index (χ1) is 13.7. The van der Waals surface area contributed by atoms with Crippen molar-refractivity contribution in [3.63, 3.8) is 0 Å². The minimum Gasteiger partial charge on any atom is -0.375 e. The van der Waals surface area contributed by atoms with E-state index in [2.05, 4.69) is 0 Å². The number of halogens is 1. The third-order valence-electron chi connectivity index (χ3n) is 4.83. The maximum atomic E-state index is 12.3. The fraction of sp³-hybridized carbons (Fsp3) is 0.227. The molecule has 1 aromatic heterocycles. The van der Waals surface area contributed by atoms with Gasteiger partial charge in [0.05, 0.1) is 11.4 Å². The van der Waals surface area contributed by atoms with Crippen LogP contribution in [0.1, 0.15) is 11.3 Å². The SMILES string of the molecule is COCC(=O)N1CCc2nc(-c3ccc(Cl)cc3)nc(-c3ccccc3)c2C1. The van der Waals surface area contributed by atoms with Crippen LogP contribution in [0.5, 0.6) is 0 Å². The minimum absolute atomic E-state index is 0.0195. The van der Waals surface area contributed by atoms with Crippen molar-refractivity contribution < 1.29 is 9.53 Å². The van der Waals surface area contributed by atoms with Crippen LogP contribution in [0.25, 0.3) is 22.6 Å². The molecule has 0 fully saturated rings. The number of benzene rings is 2. The van der Waals surface area contributed by atoms with Crippen LogP contribution in [-0.2, 0) is 22.5 Å². The van der Waals surface area contributed by atoms with E-state index in [4.69, 9.17) is 26.3 Å². The van der Waals surface area contributed by atoms with Crippen LogP contribution in [0.3, 0.4) is 0 Å². The predicted molar refractivity (Wildman–Crippen MR) is 109 cm³/mol. The van der Waals surface area contributed by atoms with Gasteiger partial charge in [0.25, 0.3) is 0 Å². The Kier molecular flexibility index (Phi) is 5.37. The highest BCUT2D eigenvalue weighted by Gasteiger charge is 2.26. The van der Waals surface area contributed by atoms with E-state index in [1.807, 2.05) is 59.5 Å². The lowest BCUT2D eigenvalue weighted by atomic mass is 9.98. The van der Waals surface area contributed by atoms with E-state index in [9.17, 15) is 4.79 Å². The van der Waals surface area contributed by atoms with Crippen molar-refractivity contribution in [2.24, 2.45) is 0 Å². The Balaban J connectivity index is 1.80. The summed E-state index contributed by atoms with van der Waals surface area (Å²) in [6, 6.07) is 17.6. The van der Waals surface area contributed by atoms with Crippen LogP contribution in [0, 0.1) is 0 Å². The topological polar surface area (TPSA) is 55.3 Å². The third kappa shape index (κ3) is 3.77. The first-order valence-electron chi connectivity index (χ1n) is 9.13. The average Bonchev–Trinajstić information content (AvgIpc) is 2.74. The molecule has 142 valence electrons. The third-order valence-corrected chi connectivity index (χ3v) is 5.08. The quantitative estimate of drug-likeness (QED) is 0.672. The molecule has 0 radical (unpaired) electrons. The minimum atomic E-state index is -0.0195. The van der Waals surface area contributed by atoms with Gasteiger partial charge in [-0.15, -0.1) is 0 Å². The molecule has 3 aromatic rings. The lowest BCUT2D eigenvalue weighted by Crippen LogP contribution is -2.38. The number of methoxy groups -OCH3 is 1. The summed E-state index contributed by atoms with van der Waals surface area (Å²) >= 11 is 6.02. The van der Waals surface area contributed by atoms with Crippen LogP contribution < -0.4 is 0 Å². The van der Waals surface area contributed by atoms with Crippen LogP contribution in [-0.4, -0.2) is 41.0 Å². The molecule has 1 aliphatic rings. The fourth-order valence-electron chi connectivity index (χ4n) is 3.40. The summed E-state index contributed by atoms with van der Waals surface area (Å²) in [4.78, 5) is 23.8. The molecular weight excluding hydrogens is 374 g/mol. The highest BCUT2D eigenvalue weighted by molar-refractivity contribution is 6.30. The second-order valence-electron chi connectivity index (χ2n) is 6.69. The zero-order valence-electron chi connectivity index (χ0n) is 15.6. The number of carbonyl (C=O) groups is 1. The van der Waals surface area contributed by atoms with E-state index in [0.717, 1.165) is 28.1 Å². The zero-order chi connectivity index (χ0) is 19.5. The maximum Gasteiger partial charge on any atom is 0.248 e. The lowest BCUT2D eigenvalue weighted by molar-refractivity contribution is -0.136. The van der Waals surface area contributed by atoms with Crippen molar-refractivity contribution in [3.8, 4) is 22.6 Å². The molecule has 6 heteroatoms. The Morgan fingerprint density at radius 2 is 1.82 bits per heavy atom. The van der Waals surface area contributed by atoms with Crippen molar-refractivity contribution >= 4 is 17.5 Å². The molecule has 0 atom stereocenters. The number of rotatable bonds is 4. The normalized spacial score (nSPS) is 13.3. The van der Waals surface area contributed by atoms with Gasteiger partial charge in [0.15, 0.2) is 5.82 Å². The first kappa shape index (κ1) is 18.6. The summed E-state index contributed by atoms with van der Waals surface area (Å²) in [5.41, 5.74) is 4.78. The highest BCUT2D eigenvalue weighted by Crippen LogP contribution is 2.31. The Morgan fingerprint density at radius 1 is 1.07 bits per heavy atom. The molecule has 5 nitrogen and oxygen atoms in total. The Hall–Kier alpha value is -2.76. The monoisotopic (exact) mass is 393 g/mol. The smallest absolute Gasteiger partial charge is 0.248 e. The standard InChI is InChI=1S/C22H20ClN3O2/c1-28-14-20(27)26-12-11-19-18(13-26)21(15-5-3-2-4-6-15)25-22(24-19)16-7-9-17(23)10-8-16/h2-10H,11-14H2,1H3. The second-order valence-corrected chi connectivity index (χ2v) is 7.13. The van der Waals surface area contributed by atoms with E-state index < -0.39 is 0 Å². The van der Waals surface area contributed by atoms with Gasteiger partial charge in [0.2, 0.25) is 5.91 Å². The number of fused-ring (bicyclic) bond motifs is 1. The molecule has 0 saturated heterocycles.